The van der Waals surface area contributed by atoms with Crippen molar-refractivity contribution >= 4 is 9.84 Å². The Morgan fingerprint density at radius 2 is 1.73 bits per heavy atom. The number of hydrogen-bond acceptors (Lipinski definition) is 4. The molecule has 4 nitrogen and oxygen atoms in total. The van der Waals surface area contributed by atoms with Crippen LogP contribution in [-0.4, -0.2) is 56.7 Å². The predicted molar refractivity (Wildman–Crippen MR) is 62.8 cm³/mol. The van der Waals surface area contributed by atoms with Crippen LogP contribution in [0, 0.1) is 0 Å². The van der Waals surface area contributed by atoms with E-state index in [0.29, 0.717) is 13.0 Å². The Bertz CT molecular complexity index is 239. The van der Waals surface area contributed by atoms with Crippen LogP contribution in [0.5, 0.6) is 0 Å². The minimum Gasteiger partial charge on any atom is -0.395 e. The molecule has 0 saturated carbocycles. The molecule has 5 heteroatoms. The first-order valence-electron chi connectivity index (χ1n) is 5.50. The lowest BCUT2D eigenvalue weighted by molar-refractivity contribution is 0.194. The second-order valence-electron chi connectivity index (χ2n) is 3.90. The molecule has 0 aromatic rings. The fourth-order valence-electron chi connectivity index (χ4n) is 1.41. The number of unbranched alkanes of at least 4 members (excludes halogenated alkanes) is 1. The highest BCUT2D eigenvalue weighted by molar-refractivity contribution is 7.90. The lowest BCUT2D eigenvalue weighted by Gasteiger charge is -2.20. The molecule has 1 N–H and O–H groups in total. The van der Waals surface area contributed by atoms with Gasteiger partial charge in [0.05, 0.1) is 12.4 Å². The summed E-state index contributed by atoms with van der Waals surface area (Å²) >= 11 is 0. The van der Waals surface area contributed by atoms with Crippen molar-refractivity contribution in [3.05, 3.63) is 0 Å². The highest BCUT2D eigenvalue weighted by Gasteiger charge is 2.06. The number of aliphatic hydroxyl groups excluding tert-OH is 1. The first-order chi connectivity index (χ1) is 6.99. The smallest absolute Gasteiger partial charge is 0.147 e. The molecule has 15 heavy (non-hydrogen) atoms. The van der Waals surface area contributed by atoms with Gasteiger partial charge in [-0.3, -0.25) is 0 Å². The zero-order valence-electron chi connectivity index (χ0n) is 9.78. The second-order valence-corrected chi connectivity index (χ2v) is 6.16. The third-order valence-corrected chi connectivity index (χ3v) is 3.26. The van der Waals surface area contributed by atoms with E-state index in [1.807, 2.05) is 0 Å². The van der Waals surface area contributed by atoms with Crippen molar-refractivity contribution in [2.24, 2.45) is 0 Å². The van der Waals surface area contributed by atoms with Crippen LogP contribution in [0.25, 0.3) is 0 Å². The second kappa shape index (κ2) is 8.07. The Morgan fingerprint density at radius 3 is 2.20 bits per heavy atom. The van der Waals surface area contributed by atoms with Crippen molar-refractivity contribution in [3.63, 3.8) is 0 Å². The van der Waals surface area contributed by atoms with E-state index in [2.05, 4.69) is 11.8 Å². The van der Waals surface area contributed by atoms with Crippen molar-refractivity contribution in [2.75, 3.05) is 38.2 Å². The van der Waals surface area contributed by atoms with Gasteiger partial charge in [0.25, 0.3) is 0 Å². The summed E-state index contributed by atoms with van der Waals surface area (Å²) in [6.45, 7) is 4.61. The molecule has 0 aliphatic carbocycles. The number of hydrogen-bond donors (Lipinski definition) is 1. The molecule has 0 aliphatic heterocycles. The monoisotopic (exact) mass is 237 g/mol. The van der Waals surface area contributed by atoms with Crippen LogP contribution in [0.15, 0.2) is 0 Å². The summed E-state index contributed by atoms with van der Waals surface area (Å²) < 4.78 is 21.8. The highest BCUT2D eigenvalue weighted by atomic mass is 32.2. The third kappa shape index (κ3) is 10.2. The van der Waals surface area contributed by atoms with Crippen molar-refractivity contribution < 1.29 is 13.5 Å². The Balaban J connectivity index is 3.74. The quantitative estimate of drug-likeness (QED) is 0.635. The molecule has 0 aromatic heterocycles. The van der Waals surface area contributed by atoms with Gasteiger partial charge < -0.3 is 10.0 Å². The van der Waals surface area contributed by atoms with Gasteiger partial charge in [-0.1, -0.05) is 13.3 Å². The van der Waals surface area contributed by atoms with E-state index in [9.17, 15) is 8.42 Å². The van der Waals surface area contributed by atoms with E-state index >= 15 is 0 Å². The first kappa shape index (κ1) is 14.9. The molecule has 0 rings (SSSR count). The van der Waals surface area contributed by atoms with E-state index in [0.717, 1.165) is 25.9 Å². The number of nitrogens with zero attached hydrogens (tertiary/aromatic N) is 1. The lowest BCUT2D eigenvalue weighted by atomic mass is 10.3. The highest BCUT2D eigenvalue weighted by Crippen LogP contribution is 1.98. The van der Waals surface area contributed by atoms with Gasteiger partial charge >= 0.3 is 0 Å². The van der Waals surface area contributed by atoms with E-state index in [4.69, 9.17) is 5.11 Å². The molecular weight excluding hydrogens is 214 g/mol. The van der Waals surface area contributed by atoms with E-state index in [1.54, 1.807) is 0 Å². The summed E-state index contributed by atoms with van der Waals surface area (Å²) in [4.78, 5) is 2.12. The topological polar surface area (TPSA) is 57.6 Å². The summed E-state index contributed by atoms with van der Waals surface area (Å²) in [6.07, 6.45) is 4.13. The molecule has 0 fully saturated rings. The van der Waals surface area contributed by atoms with Gasteiger partial charge in [-0.15, -0.1) is 0 Å². The molecule has 0 spiro atoms. The van der Waals surface area contributed by atoms with Crippen molar-refractivity contribution in [3.8, 4) is 0 Å². The van der Waals surface area contributed by atoms with Crippen molar-refractivity contribution in [1.82, 2.24) is 4.90 Å². The molecule has 0 amide bonds. The van der Waals surface area contributed by atoms with Gasteiger partial charge in [-0.25, -0.2) is 8.42 Å². The first-order valence-corrected chi connectivity index (χ1v) is 7.56. The Kier molecular flexibility index (Phi) is 8.00. The summed E-state index contributed by atoms with van der Waals surface area (Å²) in [5, 5.41) is 8.84. The molecule has 0 aliphatic rings. The average Bonchev–Trinajstić information content (AvgIpc) is 2.12. The summed E-state index contributed by atoms with van der Waals surface area (Å²) in [7, 11) is -2.84. The third-order valence-electron chi connectivity index (χ3n) is 2.23. The van der Waals surface area contributed by atoms with E-state index in [-0.39, 0.29) is 12.4 Å². The lowest BCUT2D eigenvalue weighted by Crippen LogP contribution is -2.30. The predicted octanol–water partition coefficient (Wildman–Crippen LogP) is 0.516. The zero-order chi connectivity index (χ0) is 11.7. The largest absolute Gasteiger partial charge is 0.395 e. The molecule has 92 valence electrons. The fourth-order valence-corrected chi connectivity index (χ4v) is 2.06. The van der Waals surface area contributed by atoms with E-state index in [1.165, 1.54) is 6.26 Å². The van der Waals surface area contributed by atoms with Gasteiger partial charge in [0.15, 0.2) is 0 Å². The Labute approximate surface area is 93.2 Å². The molecule has 0 heterocycles. The standard InChI is InChI=1S/C10H23NO3S/c1-3-4-6-11(8-9-12)7-5-10-15(2,13)14/h12H,3-10H2,1-2H3. The van der Waals surface area contributed by atoms with Crippen molar-refractivity contribution in [1.29, 1.82) is 0 Å². The number of rotatable bonds is 9. The summed E-state index contributed by atoms with van der Waals surface area (Å²) in [5.74, 6) is 0.237. The van der Waals surface area contributed by atoms with Crippen LogP contribution in [0.4, 0.5) is 0 Å². The summed E-state index contributed by atoms with van der Waals surface area (Å²) in [6, 6.07) is 0. The van der Waals surface area contributed by atoms with Crippen LogP contribution in [0.2, 0.25) is 0 Å². The zero-order valence-corrected chi connectivity index (χ0v) is 10.6. The average molecular weight is 237 g/mol. The van der Waals surface area contributed by atoms with Crippen molar-refractivity contribution in [2.45, 2.75) is 26.2 Å². The maximum atomic E-state index is 10.9. The Hall–Kier alpha value is -0.130. The van der Waals surface area contributed by atoms with Crippen LogP contribution < -0.4 is 0 Å². The van der Waals surface area contributed by atoms with Crippen LogP contribution >= 0.6 is 0 Å². The normalized spacial score (nSPS) is 12.3. The summed E-state index contributed by atoms with van der Waals surface area (Å²) in [5.41, 5.74) is 0. The molecule has 0 radical (unpaired) electrons. The Morgan fingerprint density at radius 1 is 1.13 bits per heavy atom. The van der Waals surface area contributed by atoms with Crippen LogP contribution in [0.1, 0.15) is 26.2 Å². The SMILES string of the molecule is CCCCN(CCO)CCCS(C)(=O)=O. The van der Waals surface area contributed by atoms with Crippen LogP contribution in [0.3, 0.4) is 0 Å². The molecular formula is C10H23NO3S. The van der Waals surface area contributed by atoms with Crippen LogP contribution in [-0.2, 0) is 9.84 Å². The number of aliphatic hydroxyl groups is 1. The molecule has 0 atom stereocenters. The maximum Gasteiger partial charge on any atom is 0.147 e. The van der Waals surface area contributed by atoms with Gasteiger partial charge in [0.1, 0.15) is 9.84 Å². The minimum atomic E-state index is -2.84. The maximum absolute atomic E-state index is 10.9. The van der Waals surface area contributed by atoms with Gasteiger partial charge in [0, 0.05) is 12.8 Å². The molecule has 0 aromatic carbocycles. The van der Waals surface area contributed by atoms with E-state index < -0.39 is 9.84 Å². The fraction of sp³-hybridized carbons (Fsp3) is 1.00. The molecule has 0 bridgehead atoms. The van der Waals surface area contributed by atoms with Gasteiger partial charge in [0.2, 0.25) is 0 Å². The van der Waals surface area contributed by atoms with Gasteiger partial charge in [-0.2, -0.15) is 0 Å². The molecule has 0 saturated heterocycles. The minimum absolute atomic E-state index is 0.141. The number of sulfone groups is 1. The van der Waals surface area contributed by atoms with Gasteiger partial charge in [-0.05, 0) is 25.9 Å². The molecule has 0 unspecified atom stereocenters.